The van der Waals surface area contributed by atoms with E-state index in [9.17, 15) is 9.59 Å². The highest BCUT2D eigenvalue weighted by Gasteiger charge is 2.43. The average molecular weight is 642 g/mol. The standard InChI is InChI=1S/C39H43N7O2/c1-24-6-12-30(13-7-24)46-36(22-35(44-46)39(3,4)5)43-38(48)42-29-10-8-26(9-11-29)18-27-19-31-14-15-32(20-27)45(31)37(47)33-21-28-23-40-17-16-34(28)41-25(33)2/h6-13,16-17,21-23,27,31-32H,14-15,18-20H2,1-5H3,(H2,42,43,48). The second-order valence-electron chi connectivity index (χ2n) is 14.5. The summed E-state index contributed by atoms with van der Waals surface area (Å²) in [6.45, 7) is 10.3. The van der Waals surface area contributed by atoms with Crippen LogP contribution in [0.5, 0.6) is 0 Å². The van der Waals surface area contributed by atoms with Crippen molar-refractivity contribution in [1.82, 2.24) is 24.6 Å². The number of amides is 3. The van der Waals surface area contributed by atoms with Crippen LogP contribution in [0.3, 0.4) is 0 Å². The molecule has 3 aromatic heterocycles. The number of benzene rings is 2. The number of rotatable bonds is 6. The maximum atomic E-state index is 13.8. The van der Waals surface area contributed by atoms with E-state index in [1.165, 1.54) is 5.56 Å². The summed E-state index contributed by atoms with van der Waals surface area (Å²) in [6.07, 6.45) is 8.55. The molecule has 246 valence electrons. The number of urea groups is 1. The van der Waals surface area contributed by atoms with Crippen LogP contribution in [0.1, 0.15) is 79.3 Å². The van der Waals surface area contributed by atoms with E-state index in [1.54, 1.807) is 17.1 Å². The van der Waals surface area contributed by atoms with Gasteiger partial charge in [0.25, 0.3) is 5.91 Å². The van der Waals surface area contributed by atoms with E-state index in [0.29, 0.717) is 17.3 Å². The molecule has 0 aliphatic carbocycles. The van der Waals surface area contributed by atoms with Gasteiger partial charge in [0.1, 0.15) is 5.82 Å². The molecule has 2 aliphatic rings. The number of hydrogen-bond acceptors (Lipinski definition) is 5. The summed E-state index contributed by atoms with van der Waals surface area (Å²) in [7, 11) is 0. The van der Waals surface area contributed by atoms with Crippen LogP contribution < -0.4 is 10.6 Å². The van der Waals surface area contributed by atoms with E-state index in [4.69, 9.17) is 5.10 Å². The quantitative estimate of drug-likeness (QED) is 0.196. The van der Waals surface area contributed by atoms with Crippen molar-refractivity contribution < 1.29 is 9.59 Å². The molecule has 3 amide bonds. The van der Waals surface area contributed by atoms with Gasteiger partial charge in [-0.3, -0.25) is 20.1 Å². The van der Waals surface area contributed by atoms with Crippen LogP contribution in [0.25, 0.3) is 16.6 Å². The monoisotopic (exact) mass is 641 g/mol. The Balaban J connectivity index is 0.979. The number of nitrogens with one attached hydrogen (secondary N) is 2. The molecule has 5 heterocycles. The number of aryl methyl sites for hydroxylation is 2. The molecular formula is C39H43N7O2. The van der Waals surface area contributed by atoms with E-state index < -0.39 is 0 Å². The molecule has 5 aromatic rings. The predicted molar refractivity (Wildman–Crippen MR) is 190 cm³/mol. The molecule has 2 atom stereocenters. The minimum Gasteiger partial charge on any atom is -0.333 e. The van der Waals surface area contributed by atoms with Gasteiger partial charge >= 0.3 is 6.03 Å². The van der Waals surface area contributed by atoms with Crippen molar-refractivity contribution in [3.8, 4) is 5.69 Å². The van der Waals surface area contributed by atoms with E-state index in [2.05, 4.69) is 58.4 Å². The molecule has 0 radical (unpaired) electrons. The van der Waals surface area contributed by atoms with Gasteiger partial charge in [-0.15, -0.1) is 0 Å². The molecule has 9 heteroatoms. The van der Waals surface area contributed by atoms with Crippen LogP contribution >= 0.6 is 0 Å². The fourth-order valence-electron chi connectivity index (χ4n) is 7.31. The Morgan fingerprint density at radius 1 is 0.896 bits per heavy atom. The lowest BCUT2D eigenvalue weighted by Gasteiger charge is -2.39. The van der Waals surface area contributed by atoms with Gasteiger partial charge in [-0.2, -0.15) is 5.10 Å². The van der Waals surface area contributed by atoms with E-state index >= 15 is 0 Å². The van der Waals surface area contributed by atoms with E-state index in [-0.39, 0.29) is 29.4 Å². The summed E-state index contributed by atoms with van der Waals surface area (Å²) in [6, 6.07) is 22.2. The zero-order valence-corrected chi connectivity index (χ0v) is 28.3. The third-order valence-electron chi connectivity index (χ3n) is 9.84. The molecule has 0 spiro atoms. The van der Waals surface area contributed by atoms with Gasteiger partial charge in [-0.25, -0.2) is 9.48 Å². The zero-order chi connectivity index (χ0) is 33.6. The van der Waals surface area contributed by atoms with Gasteiger partial charge in [-0.1, -0.05) is 50.6 Å². The number of nitrogens with zero attached hydrogens (tertiary/aromatic N) is 5. The van der Waals surface area contributed by atoms with Crippen molar-refractivity contribution in [2.24, 2.45) is 5.92 Å². The maximum Gasteiger partial charge on any atom is 0.324 e. The number of pyridine rings is 2. The third-order valence-corrected chi connectivity index (χ3v) is 9.84. The molecule has 2 aliphatic heterocycles. The number of hydrogen-bond donors (Lipinski definition) is 2. The second kappa shape index (κ2) is 12.5. The summed E-state index contributed by atoms with van der Waals surface area (Å²) in [5.41, 5.74) is 7.05. The van der Waals surface area contributed by atoms with Crippen LogP contribution in [-0.4, -0.2) is 48.7 Å². The van der Waals surface area contributed by atoms with Gasteiger partial charge < -0.3 is 10.2 Å². The fourth-order valence-corrected chi connectivity index (χ4v) is 7.31. The first-order valence-corrected chi connectivity index (χ1v) is 16.9. The minimum atomic E-state index is -0.321. The van der Waals surface area contributed by atoms with E-state index in [0.717, 1.165) is 71.3 Å². The van der Waals surface area contributed by atoms with Gasteiger partial charge in [0.15, 0.2) is 0 Å². The van der Waals surface area contributed by atoms with Crippen LogP contribution in [0, 0.1) is 19.8 Å². The predicted octanol–water partition coefficient (Wildman–Crippen LogP) is 8.00. The number of aromatic nitrogens is 4. The topological polar surface area (TPSA) is 105 Å². The minimum absolute atomic E-state index is 0.0990. The van der Waals surface area contributed by atoms with Gasteiger partial charge in [0, 0.05) is 47.0 Å². The lowest BCUT2D eigenvalue weighted by Crippen LogP contribution is -2.47. The van der Waals surface area contributed by atoms with Gasteiger partial charge in [0.05, 0.1) is 28.2 Å². The van der Waals surface area contributed by atoms with Crippen molar-refractivity contribution in [1.29, 1.82) is 0 Å². The Bertz CT molecular complexity index is 1960. The van der Waals surface area contributed by atoms with Crippen molar-refractivity contribution >= 4 is 34.3 Å². The number of piperidine rings is 1. The van der Waals surface area contributed by atoms with Crippen molar-refractivity contribution in [2.75, 3.05) is 10.6 Å². The Morgan fingerprint density at radius 3 is 2.29 bits per heavy atom. The van der Waals surface area contributed by atoms with Crippen LogP contribution in [0.4, 0.5) is 16.3 Å². The van der Waals surface area contributed by atoms with Crippen LogP contribution in [-0.2, 0) is 11.8 Å². The average Bonchev–Trinajstić information content (AvgIpc) is 3.60. The van der Waals surface area contributed by atoms with Crippen LogP contribution in [0.2, 0.25) is 0 Å². The molecular weight excluding hydrogens is 598 g/mol. The summed E-state index contributed by atoms with van der Waals surface area (Å²) >= 11 is 0. The number of carbonyl (C=O) groups is 2. The highest BCUT2D eigenvalue weighted by atomic mass is 16.2. The van der Waals surface area contributed by atoms with Crippen molar-refractivity contribution in [2.45, 2.75) is 84.2 Å². The highest BCUT2D eigenvalue weighted by Crippen LogP contribution is 2.41. The Labute approximate surface area is 281 Å². The summed E-state index contributed by atoms with van der Waals surface area (Å²) in [4.78, 5) is 38.0. The molecule has 48 heavy (non-hydrogen) atoms. The van der Waals surface area contributed by atoms with Gasteiger partial charge in [-0.05, 0) is 93.8 Å². The van der Waals surface area contributed by atoms with Crippen molar-refractivity contribution in [3.05, 3.63) is 107 Å². The highest BCUT2D eigenvalue weighted by molar-refractivity contribution is 6.00. The Hall–Kier alpha value is -5.05. The first kappa shape index (κ1) is 31.5. The van der Waals surface area contributed by atoms with Crippen LogP contribution in [0.15, 0.2) is 79.1 Å². The molecule has 2 bridgehead atoms. The van der Waals surface area contributed by atoms with Crippen molar-refractivity contribution in [3.63, 3.8) is 0 Å². The maximum absolute atomic E-state index is 13.8. The fraction of sp³-hybridized carbons (Fsp3) is 0.359. The SMILES string of the molecule is Cc1ccc(-n2nc(C(C)(C)C)cc2NC(=O)Nc2ccc(CC3CC4CCC(C3)N4C(=O)c3cc4cnccc4nc3C)cc2)cc1. The smallest absolute Gasteiger partial charge is 0.324 e. The Kier molecular flexibility index (Phi) is 8.23. The molecule has 2 saturated heterocycles. The molecule has 2 N–H and O–H groups in total. The third kappa shape index (κ3) is 6.41. The lowest BCUT2D eigenvalue weighted by molar-refractivity contribution is 0.0523. The lowest BCUT2D eigenvalue weighted by atomic mass is 9.85. The molecule has 9 nitrogen and oxygen atoms in total. The first-order chi connectivity index (χ1) is 23.0. The molecule has 7 rings (SSSR count). The number of anilines is 2. The molecule has 2 fully saturated rings. The molecule has 2 unspecified atom stereocenters. The van der Waals surface area contributed by atoms with Gasteiger partial charge in [0.2, 0.25) is 0 Å². The number of carbonyl (C=O) groups excluding carboxylic acids is 2. The molecule has 2 aromatic carbocycles. The van der Waals surface area contributed by atoms with E-state index in [1.807, 2.05) is 68.4 Å². The summed E-state index contributed by atoms with van der Waals surface area (Å²) in [5.74, 6) is 1.22. The largest absolute Gasteiger partial charge is 0.333 e. The normalized spacial score (nSPS) is 19.0. The number of fused-ring (bicyclic) bond motifs is 3. The summed E-state index contributed by atoms with van der Waals surface area (Å²) in [5, 5.41) is 11.7. The Morgan fingerprint density at radius 2 is 1.60 bits per heavy atom. The first-order valence-electron chi connectivity index (χ1n) is 16.9. The summed E-state index contributed by atoms with van der Waals surface area (Å²) < 4.78 is 1.78. The second-order valence-corrected chi connectivity index (χ2v) is 14.5. The zero-order valence-electron chi connectivity index (χ0n) is 28.3. The molecule has 0 saturated carbocycles.